The molecule has 3 rings (SSSR count). The van der Waals surface area contributed by atoms with Gasteiger partial charge in [-0.3, -0.25) is 9.52 Å². The molecule has 0 spiro atoms. The average Bonchev–Trinajstić information content (AvgIpc) is 2.70. The van der Waals surface area contributed by atoms with Crippen molar-refractivity contribution in [3.63, 3.8) is 0 Å². The minimum atomic E-state index is -3.76. The molecular formula is C22H21FN2O4S. The summed E-state index contributed by atoms with van der Waals surface area (Å²) in [5.41, 5.74) is 2.96. The maximum absolute atomic E-state index is 12.9. The maximum Gasteiger partial charge on any atom is 0.262 e. The van der Waals surface area contributed by atoms with Gasteiger partial charge in [-0.25, -0.2) is 12.8 Å². The lowest BCUT2D eigenvalue weighted by atomic mass is 10.1. The molecule has 0 aliphatic heterocycles. The Bertz CT molecular complexity index is 1140. The highest BCUT2D eigenvalue weighted by molar-refractivity contribution is 7.92. The van der Waals surface area contributed by atoms with Crippen LogP contribution in [-0.4, -0.2) is 20.9 Å². The Morgan fingerprint density at radius 2 is 1.53 bits per heavy atom. The normalized spacial score (nSPS) is 11.0. The number of amides is 1. The molecule has 3 aromatic rings. The first-order valence-corrected chi connectivity index (χ1v) is 10.6. The van der Waals surface area contributed by atoms with Crippen LogP contribution in [0.2, 0.25) is 0 Å². The predicted octanol–water partition coefficient (Wildman–Crippen LogP) is 4.26. The lowest BCUT2D eigenvalue weighted by molar-refractivity contribution is -0.118. The second kappa shape index (κ2) is 8.96. The summed E-state index contributed by atoms with van der Waals surface area (Å²) in [5.74, 6) is -0.456. The van der Waals surface area contributed by atoms with Crippen LogP contribution in [0.1, 0.15) is 11.1 Å². The van der Waals surface area contributed by atoms with Crippen molar-refractivity contribution in [2.24, 2.45) is 0 Å². The van der Waals surface area contributed by atoms with Crippen molar-refractivity contribution in [1.82, 2.24) is 0 Å². The summed E-state index contributed by atoms with van der Waals surface area (Å²) in [4.78, 5) is 12.1. The van der Waals surface area contributed by atoms with Crippen LogP contribution in [0.5, 0.6) is 5.75 Å². The van der Waals surface area contributed by atoms with Gasteiger partial charge in [0.15, 0.2) is 6.61 Å². The second-order valence-electron chi connectivity index (χ2n) is 6.72. The highest BCUT2D eigenvalue weighted by Gasteiger charge is 2.15. The topological polar surface area (TPSA) is 84.5 Å². The van der Waals surface area contributed by atoms with E-state index in [4.69, 9.17) is 4.74 Å². The molecule has 156 valence electrons. The summed E-state index contributed by atoms with van der Waals surface area (Å²) in [7, 11) is -3.76. The molecule has 0 aromatic heterocycles. The first-order valence-electron chi connectivity index (χ1n) is 9.11. The van der Waals surface area contributed by atoms with Gasteiger partial charge >= 0.3 is 0 Å². The number of carbonyl (C=O) groups is 1. The number of sulfonamides is 1. The molecule has 2 N–H and O–H groups in total. The zero-order chi connectivity index (χ0) is 21.7. The minimum absolute atomic E-state index is 0.0706. The molecule has 0 bridgehead atoms. The van der Waals surface area contributed by atoms with E-state index in [9.17, 15) is 17.6 Å². The van der Waals surface area contributed by atoms with E-state index in [0.717, 1.165) is 11.1 Å². The van der Waals surface area contributed by atoms with Gasteiger partial charge in [0.2, 0.25) is 0 Å². The van der Waals surface area contributed by atoms with Crippen molar-refractivity contribution in [2.45, 2.75) is 18.7 Å². The zero-order valence-electron chi connectivity index (χ0n) is 16.5. The molecule has 1 amide bonds. The second-order valence-corrected chi connectivity index (χ2v) is 8.40. The molecule has 6 nitrogen and oxygen atoms in total. The number of hydrogen-bond donors (Lipinski definition) is 2. The van der Waals surface area contributed by atoms with Crippen LogP contribution in [0.3, 0.4) is 0 Å². The number of anilines is 2. The van der Waals surface area contributed by atoms with Crippen LogP contribution in [-0.2, 0) is 14.8 Å². The molecule has 3 aromatic carbocycles. The third-order valence-corrected chi connectivity index (χ3v) is 5.79. The van der Waals surface area contributed by atoms with Gasteiger partial charge in [0.1, 0.15) is 11.6 Å². The highest BCUT2D eigenvalue weighted by atomic mass is 32.2. The molecule has 30 heavy (non-hydrogen) atoms. The summed E-state index contributed by atoms with van der Waals surface area (Å²) in [6, 6.07) is 16.4. The lowest BCUT2D eigenvalue weighted by Gasteiger charge is -2.11. The van der Waals surface area contributed by atoms with Crippen LogP contribution in [0, 0.1) is 19.7 Å². The Morgan fingerprint density at radius 3 is 2.17 bits per heavy atom. The van der Waals surface area contributed by atoms with Gasteiger partial charge < -0.3 is 10.1 Å². The van der Waals surface area contributed by atoms with E-state index < -0.39 is 21.7 Å². The fraction of sp³-hybridized carbons (Fsp3) is 0.136. The monoisotopic (exact) mass is 428 g/mol. The smallest absolute Gasteiger partial charge is 0.262 e. The van der Waals surface area contributed by atoms with Crippen molar-refractivity contribution in [3.8, 4) is 5.75 Å². The maximum atomic E-state index is 12.9. The van der Waals surface area contributed by atoms with Crippen LogP contribution >= 0.6 is 0 Å². The molecule has 0 unspecified atom stereocenters. The van der Waals surface area contributed by atoms with Gasteiger partial charge in [0, 0.05) is 11.4 Å². The van der Waals surface area contributed by atoms with E-state index in [1.54, 1.807) is 12.1 Å². The predicted molar refractivity (Wildman–Crippen MR) is 114 cm³/mol. The fourth-order valence-corrected chi connectivity index (χ4v) is 3.66. The van der Waals surface area contributed by atoms with Crippen molar-refractivity contribution in [2.75, 3.05) is 16.6 Å². The summed E-state index contributed by atoms with van der Waals surface area (Å²) < 4.78 is 45.8. The van der Waals surface area contributed by atoms with Crippen LogP contribution in [0.25, 0.3) is 0 Å². The van der Waals surface area contributed by atoms with E-state index in [1.807, 2.05) is 19.9 Å². The lowest BCUT2D eigenvalue weighted by Crippen LogP contribution is -2.20. The van der Waals surface area contributed by atoms with Gasteiger partial charge in [-0.05, 0) is 85.6 Å². The van der Waals surface area contributed by atoms with Crippen molar-refractivity contribution in [3.05, 3.63) is 83.7 Å². The van der Waals surface area contributed by atoms with E-state index in [0.29, 0.717) is 17.1 Å². The SMILES string of the molecule is Cc1ccc(NS(=O)(=O)c2ccc(NC(=O)COc3ccc(F)cc3)cc2)cc1C. The molecule has 0 heterocycles. The van der Waals surface area contributed by atoms with E-state index >= 15 is 0 Å². The third-order valence-electron chi connectivity index (χ3n) is 4.39. The number of benzene rings is 3. The molecular weight excluding hydrogens is 407 g/mol. The van der Waals surface area contributed by atoms with Crippen LogP contribution in [0.4, 0.5) is 15.8 Å². The summed E-state index contributed by atoms with van der Waals surface area (Å²) in [6.07, 6.45) is 0. The number of nitrogens with one attached hydrogen (secondary N) is 2. The Labute approximate surface area is 174 Å². The standard InChI is InChI=1S/C22H21FN2O4S/c1-15-3-6-19(13-16(15)2)25-30(27,28)21-11-7-18(8-12-21)24-22(26)14-29-20-9-4-17(23)5-10-20/h3-13,25H,14H2,1-2H3,(H,24,26). The number of carbonyl (C=O) groups excluding carboxylic acids is 1. The highest BCUT2D eigenvalue weighted by Crippen LogP contribution is 2.20. The van der Waals surface area contributed by atoms with E-state index in [-0.39, 0.29) is 11.5 Å². The van der Waals surface area contributed by atoms with Gasteiger partial charge in [-0.15, -0.1) is 0 Å². The van der Waals surface area contributed by atoms with Crippen molar-refractivity contribution < 1.29 is 22.3 Å². The molecule has 0 radical (unpaired) electrons. The fourth-order valence-electron chi connectivity index (χ4n) is 2.61. The first-order chi connectivity index (χ1) is 14.2. The Kier molecular flexibility index (Phi) is 6.37. The minimum Gasteiger partial charge on any atom is -0.484 e. The molecule has 0 aliphatic rings. The summed E-state index contributed by atoms with van der Waals surface area (Å²) in [5, 5.41) is 2.61. The zero-order valence-corrected chi connectivity index (χ0v) is 17.3. The summed E-state index contributed by atoms with van der Waals surface area (Å²) >= 11 is 0. The number of rotatable bonds is 7. The number of ether oxygens (including phenoxy) is 1. The van der Waals surface area contributed by atoms with Gasteiger partial charge in [-0.2, -0.15) is 0 Å². The van der Waals surface area contributed by atoms with Crippen LogP contribution in [0.15, 0.2) is 71.6 Å². The van der Waals surface area contributed by atoms with Crippen molar-refractivity contribution >= 4 is 27.3 Å². The largest absolute Gasteiger partial charge is 0.484 e. The van der Waals surface area contributed by atoms with E-state index in [2.05, 4.69) is 10.0 Å². The number of aryl methyl sites for hydroxylation is 2. The molecule has 0 aliphatic carbocycles. The van der Waals surface area contributed by atoms with Crippen LogP contribution < -0.4 is 14.8 Å². The van der Waals surface area contributed by atoms with E-state index in [1.165, 1.54) is 48.5 Å². The third kappa shape index (κ3) is 5.57. The Hall–Kier alpha value is -3.39. The first kappa shape index (κ1) is 21.3. The average molecular weight is 428 g/mol. The molecule has 0 fully saturated rings. The van der Waals surface area contributed by atoms with Crippen molar-refractivity contribution in [1.29, 1.82) is 0 Å². The molecule has 0 atom stereocenters. The Balaban J connectivity index is 1.59. The molecule has 8 heteroatoms. The number of hydrogen-bond acceptors (Lipinski definition) is 4. The van der Waals surface area contributed by atoms with Gasteiger partial charge in [0.05, 0.1) is 4.90 Å². The Morgan fingerprint density at radius 1 is 0.900 bits per heavy atom. The van der Waals surface area contributed by atoms with Gasteiger partial charge in [-0.1, -0.05) is 6.07 Å². The molecule has 0 saturated heterocycles. The molecule has 0 saturated carbocycles. The van der Waals surface area contributed by atoms with Gasteiger partial charge in [0.25, 0.3) is 15.9 Å². The number of halogens is 1. The quantitative estimate of drug-likeness (QED) is 0.589. The summed E-state index contributed by atoms with van der Waals surface area (Å²) in [6.45, 7) is 3.59.